The number of halogens is 1. The summed E-state index contributed by atoms with van der Waals surface area (Å²) in [6, 6.07) is 4.29. The highest BCUT2D eigenvalue weighted by Crippen LogP contribution is 2.22. The summed E-state index contributed by atoms with van der Waals surface area (Å²) in [5.41, 5.74) is 0.600. The largest absolute Gasteiger partial charge is 0.381 e. The summed E-state index contributed by atoms with van der Waals surface area (Å²) in [6.07, 6.45) is 0.774. The number of benzene rings is 1. The van der Waals surface area contributed by atoms with Crippen molar-refractivity contribution >= 4 is 30.0 Å². The van der Waals surface area contributed by atoms with Crippen molar-refractivity contribution in [3.8, 4) is 0 Å². The first-order valence-electron chi connectivity index (χ1n) is 7.72. The van der Waals surface area contributed by atoms with Crippen LogP contribution in [0.25, 0.3) is 0 Å². The molecule has 1 aromatic rings. The number of nitrogens with one attached hydrogen (secondary N) is 4. The first-order valence-corrected chi connectivity index (χ1v) is 7.72. The van der Waals surface area contributed by atoms with Gasteiger partial charge in [-0.1, -0.05) is 0 Å². The van der Waals surface area contributed by atoms with E-state index >= 15 is 0 Å². The zero-order valence-corrected chi connectivity index (χ0v) is 14.2. The summed E-state index contributed by atoms with van der Waals surface area (Å²) in [4.78, 5) is 37.4. The minimum Gasteiger partial charge on any atom is -0.381 e. The molecule has 0 aliphatic heterocycles. The SMILES string of the molecule is CC(=O)NCC(CNc1ccc(N(C=N)CCNC=O)c(F)c1)ON=O. The van der Waals surface area contributed by atoms with Crippen molar-refractivity contribution in [1.82, 2.24) is 10.6 Å². The lowest BCUT2D eigenvalue weighted by Crippen LogP contribution is -2.35. The maximum atomic E-state index is 14.3. The van der Waals surface area contributed by atoms with Gasteiger partial charge in [0, 0.05) is 25.7 Å². The number of nitrogens with zero attached hydrogens (tertiary/aromatic N) is 2. The number of hydrogen-bond acceptors (Lipinski definition) is 7. The smallest absolute Gasteiger partial charge is 0.217 e. The van der Waals surface area contributed by atoms with Gasteiger partial charge in [-0.25, -0.2) is 4.39 Å². The van der Waals surface area contributed by atoms with Gasteiger partial charge in [-0.2, -0.15) is 0 Å². The van der Waals surface area contributed by atoms with E-state index in [0.717, 1.165) is 6.34 Å². The number of anilines is 2. The van der Waals surface area contributed by atoms with Crippen molar-refractivity contribution in [2.24, 2.45) is 5.34 Å². The van der Waals surface area contributed by atoms with Gasteiger partial charge in [-0.05, 0) is 18.2 Å². The molecule has 1 rings (SSSR count). The van der Waals surface area contributed by atoms with Crippen LogP contribution in [0.2, 0.25) is 0 Å². The third-order valence-corrected chi connectivity index (χ3v) is 3.30. The highest BCUT2D eigenvalue weighted by molar-refractivity contribution is 5.78. The molecular weight excluding hydrogens is 347 g/mol. The second-order valence-electron chi connectivity index (χ2n) is 5.18. The van der Waals surface area contributed by atoms with E-state index in [1.165, 1.54) is 24.0 Å². The van der Waals surface area contributed by atoms with Crippen molar-refractivity contribution in [1.29, 1.82) is 5.41 Å². The third-order valence-electron chi connectivity index (χ3n) is 3.30. The van der Waals surface area contributed by atoms with E-state index < -0.39 is 11.9 Å². The number of carbonyl (C=O) groups is 2. The molecule has 26 heavy (non-hydrogen) atoms. The number of carbonyl (C=O) groups excluding carboxylic acids is 2. The van der Waals surface area contributed by atoms with Crippen molar-refractivity contribution < 1.29 is 18.8 Å². The van der Waals surface area contributed by atoms with Crippen LogP contribution in [0.4, 0.5) is 15.8 Å². The Morgan fingerprint density at radius 2 is 2.23 bits per heavy atom. The van der Waals surface area contributed by atoms with E-state index in [-0.39, 0.29) is 37.8 Å². The fourth-order valence-corrected chi connectivity index (χ4v) is 2.05. The van der Waals surface area contributed by atoms with E-state index in [0.29, 0.717) is 12.1 Å². The summed E-state index contributed by atoms with van der Waals surface area (Å²) in [6.45, 7) is 2.01. The van der Waals surface area contributed by atoms with Gasteiger partial charge in [0.05, 0.1) is 25.1 Å². The molecule has 0 radical (unpaired) electrons. The van der Waals surface area contributed by atoms with Crippen molar-refractivity contribution in [2.75, 3.05) is 36.4 Å². The molecule has 1 aromatic carbocycles. The molecule has 0 aromatic heterocycles. The molecule has 0 saturated carbocycles. The lowest BCUT2D eigenvalue weighted by molar-refractivity contribution is -0.119. The predicted octanol–water partition coefficient (Wildman–Crippen LogP) is 0.600. The second-order valence-corrected chi connectivity index (χ2v) is 5.18. The van der Waals surface area contributed by atoms with Crippen LogP contribution in [0.3, 0.4) is 0 Å². The Balaban J connectivity index is 2.69. The molecule has 0 heterocycles. The highest BCUT2D eigenvalue weighted by atomic mass is 19.1. The minimum atomic E-state index is -0.716. The van der Waals surface area contributed by atoms with Gasteiger partial charge in [0.25, 0.3) is 0 Å². The highest BCUT2D eigenvalue weighted by Gasteiger charge is 2.13. The maximum Gasteiger partial charge on any atom is 0.217 e. The molecule has 1 unspecified atom stereocenters. The minimum absolute atomic E-state index is 0.0694. The Hall–Kier alpha value is -3.24. The topological polar surface area (TPSA) is 136 Å². The molecule has 0 aliphatic rings. The molecule has 0 aliphatic carbocycles. The lowest BCUT2D eigenvalue weighted by Gasteiger charge is -2.20. The van der Waals surface area contributed by atoms with Crippen molar-refractivity contribution in [2.45, 2.75) is 13.0 Å². The summed E-state index contributed by atoms with van der Waals surface area (Å²) < 4.78 is 14.3. The predicted molar refractivity (Wildman–Crippen MR) is 94.4 cm³/mol. The van der Waals surface area contributed by atoms with Crippen LogP contribution in [-0.2, 0) is 14.4 Å². The standard InChI is InChI=1S/C15H21FN6O4/c1-11(24)19-7-13(26-21-25)8-20-12-2-3-15(14(16)6-12)22(9-17)5-4-18-10-23/h2-3,6,9-10,13,17,20H,4-5,7-8H2,1H3,(H,18,23)(H,19,24). The zero-order chi connectivity index (χ0) is 19.4. The summed E-state index contributed by atoms with van der Waals surface area (Å²) in [5.74, 6) is -0.854. The molecule has 0 spiro atoms. The van der Waals surface area contributed by atoms with Crippen LogP contribution >= 0.6 is 0 Å². The molecule has 10 nitrogen and oxygen atoms in total. The quantitative estimate of drug-likeness (QED) is 0.101. The van der Waals surface area contributed by atoms with Gasteiger partial charge in [0.1, 0.15) is 5.82 Å². The Morgan fingerprint density at radius 1 is 1.46 bits per heavy atom. The summed E-state index contributed by atoms with van der Waals surface area (Å²) in [7, 11) is 0. The molecule has 2 amide bonds. The molecule has 1 atom stereocenters. The Morgan fingerprint density at radius 3 is 2.81 bits per heavy atom. The molecule has 11 heteroatoms. The van der Waals surface area contributed by atoms with Gasteiger partial charge >= 0.3 is 0 Å². The second kappa shape index (κ2) is 11.3. The van der Waals surface area contributed by atoms with Crippen LogP contribution in [0.15, 0.2) is 23.5 Å². The van der Waals surface area contributed by atoms with E-state index in [9.17, 15) is 18.9 Å². The molecular formula is C15H21FN6O4. The normalized spacial score (nSPS) is 11.0. The van der Waals surface area contributed by atoms with Crippen molar-refractivity contribution in [3.05, 3.63) is 28.9 Å². The monoisotopic (exact) mass is 368 g/mol. The van der Waals surface area contributed by atoms with Gasteiger partial charge in [0.15, 0.2) is 11.4 Å². The summed E-state index contributed by atoms with van der Waals surface area (Å²) in [5, 5.41) is 17.5. The molecule has 0 bridgehead atoms. The summed E-state index contributed by atoms with van der Waals surface area (Å²) >= 11 is 0. The van der Waals surface area contributed by atoms with E-state index in [1.807, 2.05) is 0 Å². The number of hydrogen-bond donors (Lipinski definition) is 4. The molecule has 0 saturated heterocycles. The number of amides is 2. The van der Waals surface area contributed by atoms with Crippen LogP contribution < -0.4 is 20.9 Å². The van der Waals surface area contributed by atoms with Gasteiger partial charge in [0.2, 0.25) is 12.3 Å². The average Bonchev–Trinajstić information content (AvgIpc) is 2.62. The first kappa shape index (κ1) is 20.8. The van der Waals surface area contributed by atoms with Crippen molar-refractivity contribution in [3.63, 3.8) is 0 Å². The Kier molecular flexibility index (Phi) is 9.07. The Labute approximate surface area is 149 Å². The maximum absolute atomic E-state index is 14.3. The van der Waals surface area contributed by atoms with Gasteiger partial charge < -0.3 is 25.7 Å². The average molecular weight is 368 g/mol. The van der Waals surface area contributed by atoms with Crippen LogP contribution in [0, 0.1) is 16.1 Å². The first-order chi connectivity index (χ1) is 12.5. The third kappa shape index (κ3) is 7.11. The van der Waals surface area contributed by atoms with Crippen LogP contribution in [0.5, 0.6) is 0 Å². The lowest BCUT2D eigenvalue weighted by atomic mass is 10.2. The van der Waals surface area contributed by atoms with Crippen LogP contribution in [0.1, 0.15) is 6.92 Å². The molecule has 0 fully saturated rings. The van der Waals surface area contributed by atoms with E-state index in [4.69, 9.17) is 5.41 Å². The zero-order valence-electron chi connectivity index (χ0n) is 14.2. The molecule has 4 N–H and O–H groups in total. The van der Waals surface area contributed by atoms with Crippen LogP contribution in [-0.4, -0.2) is 50.9 Å². The van der Waals surface area contributed by atoms with Gasteiger partial charge in [-0.3, -0.25) is 15.0 Å². The Bertz CT molecular complexity index is 630. The van der Waals surface area contributed by atoms with E-state index in [2.05, 4.69) is 26.1 Å². The fourth-order valence-electron chi connectivity index (χ4n) is 2.05. The fraction of sp³-hybridized carbons (Fsp3) is 0.400. The van der Waals surface area contributed by atoms with E-state index in [1.54, 1.807) is 6.07 Å². The molecule has 142 valence electrons. The number of rotatable bonds is 13. The van der Waals surface area contributed by atoms with Gasteiger partial charge in [-0.15, -0.1) is 4.91 Å².